The van der Waals surface area contributed by atoms with Crippen molar-refractivity contribution in [2.24, 2.45) is 5.92 Å². The summed E-state index contributed by atoms with van der Waals surface area (Å²) >= 11 is 0. The van der Waals surface area contributed by atoms with Crippen molar-refractivity contribution >= 4 is 22.8 Å². The first-order valence-electron chi connectivity index (χ1n) is 7.06. The Morgan fingerprint density at radius 2 is 2.14 bits per heavy atom. The molecule has 1 aromatic heterocycles. The van der Waals surface area contributed by atoms with Gasteiger partial charge in [0.1, 0.15) is 6.54 Å². The number of carbonyl (C=O) groups excluding carboxylic acids is 1. The average molecular weight is 287 g/mol. The largest absolute Gasteiger partial charge is 0.481 e. The fourth-order valence-corrected chi connectivity index (χ4v) is 2.79. The number of hydrogen-bond donors (Lipinski definition) is 1. The number of nitrogens with zero attached hydrogens (tertiary/aromatic N) is 3. The molecule has 1 aliphatic rings. The fraction of sp³-hybridized carbons (Fsp3) is 0.400. The standard InChI is InChI=1S/C15H17N3O3/c19-14(17-7-3-5-12(9-17)15(20)21)10-18-13-6-2-1-4-11(13)8-16-18/h1-2,4,6,8,12H,3,5,7,9-10H2,(H,20,21)/t12-/m1/s1. The minimum absolute atomic E-state index is 0.0743. The Morgan fingerprint density at radius 1 is 1.33 bits per heavy atom. The van der Waals surface area contributed by atoms with Crippen molar-refractivity contribution in [2.75, 3.05) is 13.1 Å². The van der Waals surface area contributed by atoms with E-state index in [1.165, 1.54) is 0 Å². The number of likely N-dealkylation sites (tertiary alicyclic amines) is 1. The van der Waals surface area contributed by atoms with Crippen LogP contribution in [0.3, 0.4) is 0 Å². The molecule has 1 aliphatic heterocycles. The van der Waals surface area contributed by atoms with E-state index < -0.39 is 11.9 Å². The third-order valence-electron chi connectivity index (χ3n) is 3.96. The lowest BCUT2D eigenvalue weighted by molar-refractivity contribution is -0.145. The number of carbonyl (C=O) groups is 2. The Balaban J connectivity index is 1.72. The van der Waals surface area contributed by atoms with E-state index in [2.05, 4.69) is 5.10 Å². The smallest absolute Gasteiger partial charge is 0.308 e. The zero-order valence-electron chi connectivity index (χ0n) is 11.6. The molecule has 3 rings (SSSR count). The lowest BCUT2D eigenvalue weighted by Gasteiger charge is -2.30. The highest BCUT2D eigenvalue weighted by Crippen LogP contribution is 2.18. The molecule has 1 saturated heterocycles. The summed E-state index contributed by atoms with van der Waals surface area (Å²) in [6.45, 7) is 1.08. The van der Waals surface area contributed by atoms with Gasteiger partial charge in [0.05, 0.1) is 17.6 Å². The van der Waals surface area contributed by atoms with Gasteiger partial charge in [-0.15, -0.1) is 0 Å². The summed E-state index contributed by atoms with van der Waals surface area (Å²) in [6.07, 6.45) is 3.12. The number of carboxylic acid groups (broad SMARTS) is 1. The number of para-hydroxylation sites is 1. The average Bonchev–Trinajstić information content (AvgIpc) is 2.91. The third kappa shape index (κ3) is 2.74. The molecule has 0 radical (unpaired) electrons. The molecular formula is C15H17N3O3. The van der Waals surface area contributed by atoms with Crippen molar-refractivity contribution in [3.63, 3.8) is 0 Å². The summed E-state index contributed by atoms with van der Waals surface area (Å²) in [7, 11) is 0. The van der Waals surface area contributed by atoms with Crippen LogP contribution in [0.25, 0.3) is 10.9 Å². The molecular weight excluding hydrogens is 270 g/mol. The Bertz CT molecular complexity index is 680. The van der Waals surface area contributed by atoms with Gasteiger partial charge in [0.15, 0.2) is 0 Å². The number of carboxylic acids is 1. The molecule has 0 unspecified atom stereocenters. The van der Waals surface area contributed by atoms with Crippen LogP contribution in [0, 0.1) is 5.92 Å². The van der Waals surface area contributed by atoms with Gasteiger partial charge in [0.25, 0.3) is 0 Å². The predicted octanol–water partition coefficient (Wildman–Crippen LogP) is 1.36. The first kappa shape index (κ1) is 13.6. The lowest BCUT2D eigenvalue weighted by Crippen LogP contribution is -2.43. The van der Waals surface area contributed by atoms with Crippen LogP contribution < -0.4 is 0 Å². The van der Waals surface area contributed by atoms with E-state index >= 15 is 0 Å². The molecule has 1 amide bonds. The molecule has 0 saturated carbocycles. The van der Waals surface area contributed by atoms with E-state index in [9.17, 15) is 9.59 Å². The van der Waals surface area contributed by atoms with Crippen LogP contribution in [0.2, 0.25) is 0 Å². The van der Waals surface area contributed by atoms with Gasteiger partial charge in [0.2, 0.25) is 5.91 Å². The van der Waals surface area contributed by atoms with Gasteiger partial charge in [-0.3, -0.25) is 14.3 Å². The van der Waals surface area contributed by atoms with Gasteiger partial charge >= 0.3 is 5.97 Å². The van der Waals surface area contributed by atoms with Crippen LogP contribution in [0.1, 0.15) is 12.8 Å². The molecule has 1 N–H and O–H groups in total. The highest BCUT2D eigenvalue weighted by molar-refractivity contribution is 5.82. The van der Waals surface area contributed by atoms with E-state index in [4.69, 9.17) is 5.11 Å². The predicted molar refractivity (Wildman–Crippen MR) is 76.7 cm³/mol. The molecule has 2 heterocycles. The maximum absolute atomic E-state index is 12.3. The molecule has 110 valence electrons. The van der Waals surface area contributed by atoms with Crippen molar-refractivity contribution < 1.29 is 14.7 Å². The number of aromatic nitrogens is 2. The lowest BCUT2D eigenvalue weighted by atomic mass is 9.98. The number of amides is 1. The van der Waals surface area contributed by atoms with Crippen molar-refractivity contribution in [1.82, 2.24) is 14.7 Å². The summed E-state index contributed by atoms with van der Waals surface area (Å²) in [5.74, 6) is -1.34. The second-order valence-corrected chi connectivity index (χ2v) is 5.38. The van der Waals surface area contributed by atoms with Crippen molar-refractivity contribution in [3.05, 3.63) is 30.5 Å². The molecule has 21 heavy (non-hydrogen) atoms. The van der Waals surface area contributed by atoms with Crippen molar-refractivity contribution in [2.45, 2.75) is 19.4 Å². The van der Waals surface area contributed by atoms with Gasteiger partial charge in [-0.2, -0.15) is 5.10 Å². The second kappa shape index (κ2) is 5.55. The quantitative estimate of drug-likeness (QED) is 0.925. The molecule has 0 bridgehead atoms. The Morgan fingerprint density at radius 3 is 2.95 bits per heavy atom. The number of hydrogen-bond acceptors (Lipinski definition) is 3. The van der Waals surface area contributed by atoms with Gasteiger partial charge in [0, 0.05) is 18.5 Å². The van der Waals surface area contributed by atoms with Crippen LogP contribution >= 0.6 is 0 Å². The minimum Gasteiger partial charge on any atom is -0.481 e. The molecule has 1 atom stereocenters. The normalized spacial score (nSPS) is 18.9. The van der Waals surface area contributed by atoms with Crippen LogP contribution in [-0.2, 0) is 16.1 Å². The maximum Gasteiger partial charge on any atom is 0.308 e. The summed E-state index contributed by atoms with van der Waals surface area (Å²) < 4.78 is 1.67. The Hall–Kier alpha value is -2.37. The number of aliphatic carboxylic acids is 1. The van der Waals surface area contributed by atoms with Gasteiger partial charge < -0.3 is 10.0 Å². The van der Waals surface area contributed by atoms with E-state index in [1.807, 2.05) is 24.3 Å². The van der Waals surface area contributed by atoms with E-state index in [0.717, 1.165) is 17.3 Å². The number of rotatable bonds is 3. The van der Waals surface area contributed by atoms with Gasteiger partial charge in [-0.1, -0.05) is 18.2 Å². The minimum atomic E-state index is -0.822. The first-order chi connectivity index (χ1) is 10.1. The Labute approximate surface area is 122 Å². The summed E-state index contributed by atoms with van der Waals surface area (Å²) in [5.41, 5.74) is 0.914. The summed E-state index contributed by atoms with van der Waals surface area (Å²) in [6, 6.07) is 7.71. The maximum atomic E-state index is 12.3. The van der Waals surface area contributed by atoms with E-state index in [-0.39, 0.29) is 12.5 Å². The topological polar surface area (TPSA) is 75.4 Å². The Kier molecular flexibility index (Phi) is 3.60. The van der Waals surface area contributed by atoms with E-state index in [0.29, 0.717) is 19.5 Å². The molecule has 0 spiro atoms. The van der Waals surface area contributed by atoms with Crippen molar-refractivity contribution in [1.29, 1.82) is 0 Å². The molecule has 0 aliphatic carbocycles. The van der Waals surface area contributed by atoms with Crippen LogP contribution in [0.4, 0.5) is 0 Å². The molecule has 6 heteroatoms. The molecule has 2 aromatic rings. The summed E-state index contributed by atoms with van der Waals surface area (Å²) in [5, 5.41) is 14.3. The third-order valence-corrected chi connectivity index (χ3v) is 3.96. The van der Waals surface area contributed by atoms with Crippen LogP contribution in [0.5, 0.6) is 0 Å². The summed E-state index contributed by atoms with van der Waals surface area (Å²) in [4.78, 5) is 25.0. The van der Waals surface area contributed by atoms with Crippen molar-refractivity contribution in [3.8, 4) is 0 Å². The monoisotopic (exact) mass is 287 g/mol. The highest BCUT2D eigenvalue weighted by atomic mass is 16.4. The van der Waals surface area contributed by atoms with Crippen LogP contribution in [-0.4, -0.2) is 44.8 Å². The number of piperidine rings is 1. The zero-order valence-corrected chi connectivity index (χ0v) is 11.6. The highest BCUT2D eigenvalue weighted by Gasteiger charge is 2.28. The number of benzene rings is 1. The molecule has 1 fully saturated rings. The van der Waals surface area contributed by atoms with Gasteiger partial charge in [-0.25, -0.2) is 0 Å². The fourth-order valence-electron chi connectivity index (χ4n) is 2.79. The van der Waals surface area contributed by atoms with E-state index in [1.54, 1.807) is 15.8 Å². The van der Waals surface area contributed by atoms with Crippen LogP contribution in [0.15, 0.2) is 30.5 Å². The first-order valence-corrected chi connectivity index (χ1v) is 7.06. The molecule has 6 nitrogen and oxygen atoms in total. The SMILES string of the molecule is O=C(O)[C@@H]1CCCN(C(=O)Cn2ncc3ccccc32)C1. The molecule has 1 aromatic carbocycles. The number of fused-ring (bicyclic) bond motifs is 1. The second-order valence-electron chi connectivity index (χ2n) is 5.38. The zero-order chi connectivity index (χ0) is 14.8. The van der Waals surface area contributed by atoms with Gasteiger partial charge in [-0.05, 0) is 18.9 Å².